The number of piperazine rings is 1. The van der Waals surface area contributed by atoms with Crippen LogP contribution < -0.4 is 4.90 Å². The molecule has 0 unspecified atom stereocenters. The first-order valence-electron chi connectivity index (χ1n) is 6.75. The molecular weight excluding hydrogens is 325 g/mol. The molecule has 1 fully saturated rings. The number of rotatable bonds is 3. The van der Waals surface area contributed by atoms with Crippen molar-refractivity contribution >= 4 is 11.9 Å². The lowest BCUT2D eigenvalue weighted by Crippen LogP contribution is -2.49. The number of carbonyl (C=O) groups is 1. The van der Waals surface area contributed by atoms with Crippen LogP contribution in [0.1, 0.15) is 5.56 Å². The molecule has 0 N–H and O–H groups in total. The van der Waals surface area contributed by atoms with Crippen LogP contribution in [0.4, 0.5) is 32.6 Å². The first kappa shape index (κ1) is 17.2. The fourth-order valence-corrected chi connectivity index (χ4v) is 2.08. The van der Waals surface area contributed by atoms with E-state index >= 15 is 0 Å². The van der Waals surface area contributed by atoms with E-state index in [2.05, 4.69) is 9.72 Å². The van der Waals surface area contributed by atoms with Crippen LogP contribution in [0, 0.1) is 0 Å². The van der Waals surface area contributed by atoms with Crippen LogP contribution in [0.25, 0.3) is 0 Å². The van der Waals surface area contributed by atoms with Gasteiger partial charge in [-0.05, 0) is 12.1 Å². The highest BCUT2D eigenvalue weighted by molar-refractivity contribution is 5.68. The van der Waals surface area contributed by atoms with Crippen LogP contribution in [0.3, 0.4) is 0 Å². The number of alkyl halides is 5. The van der Waals surface area contributed by atoms with E-state index in [4.69, 9.17) is 0 Å². The number of hydrogen-bond donors (Lipinski definition) is 0. The number of amides is 1. The van der Waals surface area contributed by atoms with Crippen molar-refractivity contribution < 1.29 is 31.5 Å². The number of ether oxygens (including phenoxy) is 1. The van der Waals surface area contributed by atoms with Crippen molar-refractivity contribution in [3.8, 4) is 0 Å². The minimum atomic E-state index is -4.45. The summed E-state index contributed by atoms with van der Waals surface area (Å²) in [4.78, 5) is 18.3. The van der Waals surface area contributed by atoms with Gasteiger partial charge >= 0.3 is 12.3 Å². The van der Waals surface area contributed by atoms with E-state index in [1.807, 2.05) is 0 Å². The minimum Gasteiger partial charge on any atom is -0.443 e. The summed E-state index contributed by atoms with van der Waals surface area (Å²) in [6, 6.07) is 2.19. The standard InChI is InChI=1S/C13H14F5N3O2/c14-10(15)8-23-12(22)21-5-3-20(4-6-21)11-2-1-9(7-19-11)13(16,17)18/h1-2,7,10H,3-6,8H2. The molecule has 1 aromatic rings. The van der Waals surface area contributed by atoms with Crippen molar-refractivity contribution in [2.45, 2.75) is 12.6 Å². The molecule has 0 bridgehead atoms. The molecule has 23 heavy (non-hydrogen) atoms. The molecule has 0 atom stereocenters. The number of aromatic nitrogens is 1. The zero-order valence-electron chi connectivity index (χ0n) is 11.9. The third-order valence-corrected chi connectivity index (χ3v) is 3.27. The Bertz CT molecular complexity index is 527. The largest absolute Gasteiger partial charge is 0.443 e. The number of anilines is 1. The Morgan fingerprint density at radius 2 is 1.87 bits per heavy atom. The van der Waals surface area contributed by atoms with Gasteiger partial charge in [0.05, 0.1) is 5.56 Å². The summed E-state index contributed by atoms with van der Waals surface area (Å²) >= 11 is 0. The Balaban J connectivity index is 1.88. The van der Waals surface area contributed by atoms with E-state index in [0.29, 0.717) is 18.9 Å². The second-order valence-electron chi connectivity index (χ2n) is 4.84. The van der Waals surface area contributed by atoms with Crippen molar-refractivity contribution in [3.63, 3.8) is 0 Å². The van der Waals surface area contributed by atoms with Gasteiger partial charge in [-0.1, -0.05) is 0 Å². The summed E-state index contributed by atoms with van der Waals surface area (Å²) in [5.74, 6) is 0.360. The van der Waals surface area contributed by atoms with Gasteiger partial charge in [-0.15, -0.1) is 0 Å². The number of halogens is 5. The van der Waals surface area contributed by atoms with Crippen LogP contribution in [0.2, 0.25) is 0 Å². The first-order chi connectivity index (χ1) is 10.8. The van der Waals surface area contributed by atoms with Gasteiger partial charge < -0.3 is 14.5 Å². The van der Waals surface area contributed by atoms with Crippen molar-refractivity contribution in [1.82, 2.24) is 9.88 Å². The summed E-state index contributed by atoms with van der Waals surface area (Å²) in [7, 11) is 0. The van der Waals surface area contributed by atoms with Crippen molar-refractivity contribution in [1.29, 1.82) is 0 Å². The van der Waals surface area contributed by atoms with Crippen molar-refractivity contribution in [2.75, 3.05) is 37.7 Å². The Kier molecular flexibility index (Phi) is 5.22. The van der Waals surface area contributed by atoms with E-state index in [0.717, 1.165) is 12.3 Å². The average molecular weight is 339 g/mol. The van der Waals surface area contributed by atoms with Crippen molar-refractivity contribution in [2.24, 2.45) is 0 Å². The normalized spacial score (nSPS) is 15.9. The third-order valence-electron chi connectivity index (χ3n) is 3.27. The lowest BCUT2D eigenvalue weighted by Gasteiger charge is -2.34. The highest BCUT2D eigenvalue weighted by Crippen LogP contribution is 2.29. The maximum Gasteiger partial charge on any atom is 0.417 e. The molecule has 1 aliphatic heterocycles. The predicted molar refractivity (Wildman–Crippen MR) is 70.4 cm³/mol. The molecule has 0 saturated carbocycles. The molecule has 0 aromatic carbocycles. The zero-order valence-corrected chi connectivity index (χ0v) is 11.9. The molecule has 1 aliphatic rings. The van der Waals surface area contributed by atoms with Crippen LogP contribution in [-0.2, 0) is 10.9 Å². The van der Waals surface area contributed by atoms with Gasteiger partial charge in [-0.25, -0.2) is 18.6 Å². The maximum atomic E-state index is 12.5. The molecule has 128 valence electrons. The van der Waals surface area contributed by atoms with Gasteiger partial charge in [0.2, 0.25) is 0 Å². The lowest BCUT2D eigenvalue weighted by molar-refractivity contribution is -0.137. The maximum absolute atomic E-state index is 12.5. The summed E-state index contributed by atoms with van der Waals surface area (Å²) in [5, 5.41) is 0. The quantitative estimate of drug-likeness (QED) is 0.795. The molecule has 1 aromatic heterocycles. The summed E-state index contributed by atoms with van der Waals surface area (Å²) < 4.78 is 65.8. The van der Waals surface area contributed by atoms with E-state index in [1.54, 1.807) is 4.90 Å². The minimum absolute atomic E-state index is 0.213. The number of carbonyl (C=O) groups excluding carboxylic acids is 1. The predicted octanol–water partition coefficient (Wildman–Crippen LogP) is 2.62. The molecule has 1 amide bonds. The van der Waals surface area contributed by atoms with Crippen LogP contribution in [0.15, 0.2) is 18.3 Å². The third kappa shape index (κ3) is 4.67. The fraction of sp³-hybridized carbons (Fsp3) is 0.538. The Morgan fingerprint density at radius 3 is 2.35 bits per heavy atom. The monoisotopic (exact) mass is 339 g/mol. The van der Waals surface area contributed by atoms with E-state index < -0.39 is 30.9 Å². The highest BCUT2D eigenvalue weighted by atomic mass is 19.4. The van der Waals surface area contributed by atoms with Crippen LogP contribution in [-0.4, -0.2) is 55.2 Å². The lowest BCUT2D eigenvalue weighted by atomic mass is 10.2. The molecule has 5 nitrogen and oxygen atoms in total. The van der Waals surface area contributed by atoms with Gasteiger partial charge in [-0.2, -0.15) is 13.2 Å². The Hall–Kier alpha value is -2.13. The number of pyridine rings is 1. The zero-order chi connectivity index (χ0) is 17.0. The van der Waals surface area contributed by atoms with Gasteiger partial charge in [0.1, 0.15) is 5.82 Å². The second kappa shape index (κ2) is 6.97. The molecule has 2 heterocycles. The van der Waals surface area contributed by atoms with Gasteiger partial charge in [0.25, 0.3) is 6.43 Å². The smallest absolute Gasteiger partial charge is 0.417 e. The van der Waals surface area contributed by atoms with E-state index in [-0.39, 0.29) is 13.1 Å². The molecule has 1 saturated heterocycles. The molecule has 10 heteroatoms. The summed E-state index contributed by atoms with van der Waals surface area (Å²) in [6.45, 7) is 0.110. The topological polar surface area (TPSA) is 45.7 Å². The summed E-state index contributed by atoms with van der Waals surface area (Å²) in [5.41, 5.74) is -0.838. The van der Waals surface area contributed by atoms with Crippen LogP contribution in [0.5, 0.6) is 0 Å². The van der Waals surface area contributed by atoms with E-state index in [1.165, 1.54) is 11.0 Å². The molecule has 2 rings (SSSR count). The van der Waals surface area contributed by atoms with Gasteiger partial charge in [-0.3, -0.25) is 0 Å². The first-order valence-corrected chi connectivity index (χ1v) is 6.75. The van der Waals surface area contributed by atoms with Gasteiger partial charge in [0.15, 0.2) is 6.61 Å². The number of hydrogen-bond acceptors (Lipinski definition) is 4. The Morgan fingerprint density at radius 1 is 1.22 bits per heavy atom. The van der Waals surface area contributed by atoms with Crippen molar-refractivity contribution in [3.05, 3.63) is 23.9 Å². The van der Waals surface area contributed by atoms with Gasteiger partial charge in [0, 0.05) is 32.4 Å². The average Bonchev–Trinajstić information content (AvgIpc) is 2.52. The van der Waals surface area contributed by atoms with E-state index in [9.17, 15) is 26.7 Å². The Labute approximate surface area is 128 Å². The number of nitrogens with zero attached hydrogens (tertiary/aromatic N) is 3. The highest BCUT2D eigenvalue weighted by Gasteiger charge is 2.31. The van der Waals surface area contributed by atoms with Crippen LogP contribution >= 0.6 is 0 Å². The SMILES string of the molecule is O=C(OCC(F)F)N1CCN(c2ccc(C(F)(F)F)cn2)CC1. The molecule has 0 aliphatic carbocycles. The fourth-order valence-electron chi connectivity index (χ4n) is 2.08. The second-order valence-corrected chi connectivity index (χ2v) is 4.84. The molecular formula is C13H14F5N3O2. The summed E-state index contributed by atoms with van der Waals surface area (Å²) in [6.07, 6.45) is -7.25. The molecule has 0 radical (unpaired) electrons. The molecule has 0 spiro atoms.